The number of carbonyl (C=O) groups is 1. The molecular formula is C23H26N2O3S2. The van der Waals surface area contributed by atoms with Crippen LogP contribution in [-0.4, -0.2) is 33.8 Å². The monoisotopic (exact) mass is 442 g/mol. The zero-order chi connectivity index (χ0) is 21.3. The van der Waals surface area contributed by atoms with Crippen LogP contribution in [0.15, 0.2) is 34.2 Å². The maximum Gasteiger partial charge on any atom is 0.263 e. The number of fused-ring (bicyclic) bond motifs is 1. The van der Waals surface area contributed by atoms with Crippen LogP contribution < -0.4 is 5.56 Å². The summed E-state index contributed by atoms with van der Waals surface area (Å²) in [5.41, 5.74) is 2.88. The van der Waals surface area contributed by atoms with Crippen molar-refractivity contribution >= 4 is 39.1 Å². The Hall–Kier alpha value is -1.96. The van der Waals surface area contributed by atoms with Crippen LogP contribution in [0.2, 0.25) is 0 Å². The molecule has 0 radical (unpaired) electrons. The number of hydrogen-bond donors (Lipinski definition) is 0. The molecule has 1 unspecified atom stereocenters. The Labute approximate surface area is 184 Å². The first-order chi connectivity index (χ1) is 14.5. The van der Waals surface area contributed by atoms with Gasteiger partial charge in [-0.1, -0.05) is 48.5 Å². The lowest BCUT2D eigenvalue weighted by atomic mass is 10.1. The Balaban J connectivity index is 1.68. The first kappa shape index (κ1) is 21.3. The molecule has 158 valence electrons. The van der Waals surface area contributed by atoms with E-state index in [4.69, 9.17) is 9.72 Å². The molecule has 1 saturated heterocycles. The highest BCUT2D eigenvalue weighted by atomic mass is 32.2. The number of thiophene rings is 1. The van der Waals surface area contributed by atoms with E-state index in [1.165, 1.54) is 11.8 Å². The molecule has 1 aromatic carbocycles. The van der Waals surface area contributed by atoms with E-state index >= 15 is 0 Å². The Bertz CT molecular complexity index is 1130. The minimum absolute atomic E-state index is 0.0121. The summed E-state index contributed by atoms with van der Waals surface area (Å²) < 4.78 is 7.52. The summed E-state index contributed by atoms with van der Waals surface area (Å²) in [6.07, 6.45) is 2.79. The lowest BCUT2D eigenvalue weighted by Crippen LogP contribution is -2.29. The number of hydrogen-bond acceptors (Lipinski definition) is 6. The first-order valence-corrected chi connectivity index (χ1v) is 12.1. The van der Waals surface area contributed by atoms with E-state index in [1.54, 1.807) is 15.9 Å². The summed E-state index contributed by atoms with van der Waals surface area (Å²) in [6, 6.07) is 7.58. The molecule has 3 heterocycles. The Morgan fingerprint density at radius 2 is 2.07 bits per heavy atom. The van der Waals surface area contributed by atoms with Gasteiger partial charge < -0.3 is 4.74 Å². The average molecular weight is 443 g/mol. The van der Waals surface area contributed by atoms with Crippen LogP contribution in [0, 0.1) is 13.8 Å². The smallest absolute Gasteiger partial charge is 0.263 e. The van der Waals surface area contributed by atoms with Gasteiger partial charge in [-0.2, -0.15) is 0 Å². The number of benzene rings is 1. The van der Waals surface area contributed by atoms with Crippen LogP contribution in [0.4, 0.5) is 0 Å². The topological polar surface area (TPSA) is 61.2 Å². The molecule has 4 rings (SSSR count). The molecule has 1 aliphatic heterocycles. The van der Waals surface area contributed by atoms with Crippen molar-refractivity contribution in [1.82, 2.24) is 9.55 Å². The molecule has 1 fully saturated rings. The van der Waals surface area contributed by atoms with Crippen molar-refractivity contribution in [3.05, 3.63) is 56.2 Å². The molecular weight excluding hydrogens is 416 g/mol. The number of ether oxygens (including phenoxy) is 1. The predicted molar refractivity (Wildman–Crippen MR) is 123 cm³/mol. The van der Waals surface area contributed by atoms with Gasteiger partial charge in [-0.3, -0.25) is 14.2 Å². The zero-order valence-corrected chi connectivity index (χ0v) is 19.2. The SMILES string of the molecule is CCc1c(C)sc2nc(SCC(=O)c3ccc(C)cc3)n(CC3CCCO3)c(=O)c12. The highest BCUT2D eigenvalue weighted by Crippen LogP contribution is 2.30. The number of carbonyl (C=O) groups excluding carboxylic acids is 1. The van der Waals surface area contributed by atoms with Crippen molar-refractivity contribution in [2.24, 2.45) is 0 Å². The Morgan fingerprint density at radius 3 is 2.73 bits per heavy atom. The first-order valence-electron chi connectivity index (χ1n) is 10.3. The molecule has 0 N–H and O–H groups in total. The number of thioether (sulfide) groups is 1. The van der Waals surface area contributed by atoms with Gasteiger partial charge in [0.25, 0.3) is 5.56 Å². The molecule has 3 aromatic rings. The van der Waals surface area contributed by atoms with E-state index in [-0.39, 0.29) is 23.2 Å². The van der Waals surface area contributed by atoms with E-state index in [2.05, 4.69) is 6.92 Å². The summed E-state index contributed by atoms with van der Waals surface area (Å²) in [5.74, 6) is 0.284. The van der Waals surface area contributed by atoms with Gasteiger partial charge in [-0.25, -0.2) is 4.98 Å². The van der Waals surface area contributed by atoms with Crippen molar-refractivity contribution in [3.8, 4) is 0 Å². The van der Waals surface area contributed by atoms with Gasteiger partial charge >= 0.3 is 0 Å². The second-order valence-corrected chi connectivity index (χ2v) is 9.84. The summed E-state index contributed by atoms with van der Waals surface area (Å²) in [4.78, 5) is 32.9. The lowest BCUT2D eigenvalue weighted by molar-refractivity contribution is 0.0937. The van der Waals surface area contributed by atoms with Crippen molar-refractivity contribution in [2.45, 2.75) is 57.8 Å². The molecule has 0 amide bonds. The van der Waals surface area contributed by atoms with Gasteiger partial charge in [-0.05, 0) is 38.7 Å². The fraction of sp³-hybridized carbons (Fsp3) is 0.435. The number of Topliss-reactive ketones (excluding diaryl/α,β-unsaturated/α-hetero) is 1. The molecule has 1 atom stereocenters. The fourth-order valence-corrected chi connectivity index (χ4v) is 5.93. The van der Waals surface area contributed by atoms with Crippen LogP contribution in [0.3, 0.4) is 0 Å². The van der Waals surface area contributed by atoms with Gasteiger partial charge in [0.15, 0.2) is 10.9 Å². The summed E-state index contributed by atoms with van der Waals surface area (Å²) in [7, 11) is 0. The fourth-order valence-electron chi connectivity index (χ4n) is 3.87. The van der Waals surface area contributed by atoms with Gasteiger partial charge in [0.05, 0.1) is 23.8 Å². The van der Waals surface area contributed by atoms with Crippen molar-refractivity contribution < 1.29 is 9.53 Å². The molecule has 30 heavy (non-hydrogen) atoms. The molecule has 1 aliphatic rings. The normalized spacial score (nSPS) is 16.4. The Kier molecular flexibility index (Phi) is 6.41. The third-order valence-electron chi connectivity index (χ3n) is 5.55. The average Bonchev–Trinajstić information content (AvgIpc) is 3.36. The van der Waals surface area contributed by atoms with Crippen LogP contribution in [-0.2, 0) is 17.7 Å². The summed E-state index contributed by atoms with van der Waals surface area (Å²) in [5, 5.41) is 1.33. The van der Waals surface area contributed by atoms with Gasteiger partial charge in [0, 0.05) is 17.0 Å². The molecule has 7 heteroatoms. The second kappa shape index (κ2) is 9.04. The third kappa shape index (κ3) is 4.24. The van der Waals surface area contributed by atoms with E-state index in [0.717, 1.165) is 52.1 Å². The second-order valence-electron chi connectivity index (χ2n) is 7.69. The van der Waals surface area contributed by atoms with Gasteiger partial charge in [0.2, 0.25) is 0 Å². The van der Waals surface area contributed by atoms with Crippen LogP contribution in [0.1, 0.15) is 46.1 Å². The van der Waals surface area contributed by atoms with Gasteiger partial charge in [-0.15, -0.1) is 11.3 Å². The summed E-state index contributed by atoms with van der Waals surface area (Å²) in [6.45, 7) is 7.34. The number of ketones is 1. The molecule has 2 aromatic heterocycles. The van der Waals surface area contributed by atoms with Crippen LogP contribution in [0.25, 0.3) is 10.2 Å². The molecule has 0 aliphatic carbocycles. The van der Waals surface area contributed by atoms with Crippen molar-refractivity contribution in [2.75, 3.05) is 12.4 Å². The van der Waals surface area contributed by atoms with Crippen LogP contribution >= 0.6 is 23.1 Å². The minimum Gasteiger partial charge on any atom is -0.376 e. The number of aromatic nitrogens is 2. The maximum atomic E-state index is 13.5. The van der Waals surface area contributed by atoms with E-state index < -0.39 is 0 Å². The third-order valence-corrected chi connectivity index (χ3v) is 7.56. The number of nitrogens with zero attached hydrogens (tertiary/aromatic N) is 2. The molecule has 5 nitrogen and oxygen atoms in total. The molecule has 0 spiro atoms. The predicted octanol–water partition coefficient (Wildman–Crippen LogP) is 4.79. The van der Waals surface area contributed by atoms with Crippen molar-refractivity contribution in [1.29, 1.82) is 0 Å². The lowest BCUT2D eigenvalue weighted by Gasteiger charge is -2.16. The van der Waals surface area contributed by atoms with E-state index in [9.17, 15) is 9.59 Å². The van der Waals surface area contributed by atoms with E-state index in [0.29, 0.717) is 17.3 Å². The summed E-state index contributed by atoms with van der Waals surface area (Å²) >= 11 is 2.90. The zero-order valence-electron chi connectivity index (χ0n) is 17.6. The minimum atomic E-state index is -0.0121. The highest BCUT2D eigenvalue weighted by Gasteiger charge is 2.23. The highest BCUT2D eigenvalue weighted by molar-refractivity contribution is 7.99. The quantitative estimate of drug-likeness (QED) is 0.299. The number of rotatable bonds is 7. The Morgan fingerprint density at radius 1 is 1.30 bits per heavy atom. The van der Waals surface area contributed by atoms with Crippen molar-refractivity contribution in [3.63, 3.8) is 0 Å². The van der Waals surface area contributed by atoms with Gasteiger partial charge in [0.1, 0.15) is 4.83 Å². The largest absolute Gasteiger partial charge is 0.376 e. The van der Waals surface area contributed by atoms with E-state index in [1.807, 2.05) is 38.1 Å². The molecule has 0 saturated carbocycles. The molecule has 0 bridgehead atoms. The maximum absolute atomic E-state index is 13.5. The standard InChI is InChI=1S/C23H26N2O3S2/c1-4-18-15(3)30-21-20(18)22(27)25(12-17-6-5-11-28-17)23(24-21)29-13-19(26)16-9-7-14(2)8-10-16/h7-10,17H,4-6,11-13H2,1-3H3. The van der Waals surface area contributed by atoms with Crippen LogP contribution in [0.5, 0.6) is 0 Å². The number of aryl methyl sites for hydroxylation is 3.